The fourth-order valence-electron chi connectivity index (χ4n) is 0.990. The van der Waals surface area contributed by atoms with E-state index in [1.165, 1.54) is 11.3 Å². The van der Waals surface area contributed by atoms with Crippen LogP contribution in [0.15, 0.2) is 11.4 Å². The lowest BCUT2D eigenvalue weighted by Crippen LogP contribution is -2.24. The van der Waals surface area contributed by atoms with Gasteiger partial charge in [0, 0.05) is 16.8 Å². The summed E-state index contributed by atoms with van der Waals surface area (Å²) in [7, 11) is 1.77. The Morgan fingerprint density at radius 2 is 2.46 bits per heavy atom. The van der Waals surface area contributed by atoms with E-state index in [-0.39, 0.29) is 6.54 Å². The molecule has 1 aromatic heterocycles. The summed E-state index contributed by atoms with van der Waals surface area (Å²) in [6, 6.07) is 1.85. The van der Waals surface area contributed by atoms with Crippen LogP contribution in [0, 0.1) is 0 Å². The first-order chi connectivity index (χ1) is 6.08. The third-order valence-corrected chi connectivity index (χ3v) is 2.72. The number of rotatable bonds is 4. The average molecular weight is 220 g/mol. The zero-order chi connectivity index (χ0) is 9.84. The zero-order valence-corrected chi connectivity index (χ0v) is 8.73. The van der Waals surface area contributed by atoms with Crippen LogP contribution in [0.25, 0.3) is 0 Å². The van der Waals surface area contributed by atoms with Crippen LogP contribution in [0.2, 0.25) is 5.02 Å². The second kappa shape index (κ2) is 4.60. The van der Waals surface area contributed by atoms with E-state index in [2.05, 4.69) is 0 Å². The van der Waals surface area contributed by atoms with Crippen LogP contribution in [0.5, 0.6) is 0 Å². The van der Waals surface area contributed by atoms with Crippen molar-refractivity contribution in [1.29, 1.82) is 0 Å². The van der Waals surface area contributed by atoms with Crippen molar-refractivity contribution in [3.63, 3.8) is 0 Å². The Bertz CT molecular complexity index is 300. The molecule has 0 bridgehead atoms. The molecule has 0 aliphatic rings. The summed E-state index contributed by atoms with van der Waals surface area (Å²) in [6.45, 7) is 0.680. The van der Waals surface area contributed by atoms with Gasteiger partial charge in [-0.3, -0.25) is 9.69 Å². The highest BCUT2D eigenvalue weighted by molar-refractivity contribution is 7.10. The minimum atomic E-state index is -0.815. The van der Waals surface area contributed by atoms with Crippen molar-refractivity contribution < 1.29 is 9.90 Å². The number of nitrogens with zero attached hydrogens (tertiary/aromatic N) is 1. The molecule has 0 saturated carbocycles. The standard InChI is InChI=1S/C8H10ClNO2S/c1-10(4-8(11)12)3-7-2-6(9)5-13-7/h2,5H,3-4H2,1H3,(H,11,12). The number of halogens is 1. The molecule has 1 heterocycles. The number of thiophene rings is 1. The van der Waals surface area contributed by atoms with Crippen LogP contribution in [0.3, 0.4) is 0 Å². The van der Waals surface area contributed by atoms with Gasteiger partial charge in [-0.25, -0.2) is 0 Å². The van der Waals surface area contributed by atoms with Crippen LogP contribution in [0.1, 0.15) is 4.88 Å². The Hall–Kier alpha value is -0.580. The Balaban J connectivity index is 2.44. The molecule has 0 radical (unpaired) electrons. The van der Waals surface area contributed by atoms with Crippen molar-refractivity contribution >= 4 is 28.9 Å². The number of hydrogen-bond donors (Lipinski definition) is 1. The van der Waals surface area contributed by atoms with Crippen LogP contribution < -0.4 is 0 Å². The molecule has 0 amide bonds. The molecule has 0 aliphatic carbocycles. The van der Waals surface area contributed by atoms with E-state index in [0.29, 0.717) is 11.6 Å². The molecule has 0 aromatic carbocycles. The fourth-order valence-corrected chi connectivity index (χ4v) is 2.14. The molecule has 0 atom stereocenters. The van der Waals surface area contributed by atoms with E-state index in [1.807, 2.05) is 11.4 Å². The number of hydrogen-bond acceptors (Lipinski definition) is 3. The summed E-state index contributed by atoms with van der Waals surface area (Å²) in [5.74, 6) is -0.815. The van der Waals surface area contributed by atoms with E-state index in [9.17, 15) is 4.79 Å². The third-order valence-electron chi connectivity index (χ3n) is 1.45. The van der Waals surface area contributed by atoms with Crippen LogP contribution >= 0.6 is 22.9 Å². The maximum Gasteiger partial charge on any atom is 0.317 e. The van der Waals surface area contributed by atoms with Gasteiger partial charge in [-0.05, 0) is 13.1 Å². The van der Waals surface area contributed by atoms with E-state index < -0.39 is 5.97 Å². The largest absolute Gasteiger partial charge is 0.480 e. The lowest BCUT2D eigenvalue weighted by Gasteiger charge is -2.11. The molecular weight excluding hydrogens is 210 g/mol. The van der Waals surface area contributed by atoms with Crippen LogP contribution in [-0.2, 0) is 11.3 Å². The first-order valence-corrected chi connectivity index (χ1v) is 4.97. The van der Waals surface area contributed by atoms with Crippen molar-refractivity contribution in [2.24, 2.45) is 0 Å². The minimum Gasteiger partial charge on any atom is -0.480 e. The van der Waals surface area contributed by atoms with E-state index >= 15 is 0 Å². The molecule has 3 nitrogen and oxygen atoms in total. The molecule has 0 saturated heterocycles. The Labute approximate surface area is 85.6 Å². The van der Waals surface area contributed by atoms with E-state index in [0.717, 1.165) is 4.88 Å². The van der Waals surface area contributed by atoms with Gasteiger partial charge in [0.25, 0.3) is 0 Å². The lowest BCUT2D eigenvalue weighted by molar-refractivity contribution is -0.138. The average Bonchev–Trinajstić information content (AvgIpc) is 2.33. The Kier molecular flexibility index (Phi) is 3.71. The molecule has 0 spiro atoms. The van der Waals surface area contributed by atoms with Crippen molar-refractivity contribution in [2.75, 3.05) is 13.6 Å². The number of carboxylic acid groups (broad SMARTS) is 1. The number of likely N-dealkylation sites (N-methyl/N-ethyl adjacent to an activating group) is 1. The highest BCUT2D eigenvalue weighted by Crippen LogP contribution is 2.19. The second-order valence-corrected chi connectivity index (χ2v) is 4.23. The zero-order valence-electron chi connectivity index (χ0n) is 7.16. The SMILES string of the molecule is CN(CC(=O)O)Cc1cc(Cl)cs1. The Morgan fingerprint density at radius 1 is 1.77 bits per heavy atom. The van der Waals surface area contributed by atoms with Crippen LogP contribution in [-0.4, -0.2) is 29.6 Å². The normalized spacial score (nSPS) is 10.7. The van der Waals surface area contributed by atoms with Gasteiger partial charge in [0.2, 0.25) is 0 Å². The van der Waals surface area contributed by atoms with Crippen molar-refractivity contribution in [3.05, 3.63) is 21.3 Å². The predicted octanol–water partition coefficient (Wildman–Crippen LogP) is 1.92. The molecular formula is C8H10ClNO2S. The maximum absolute atomic E-state index is 10.3. The summed E-state index contributed by atoms with van der Waals surface area (Å²) in [5.41, 5.74) is 0. The second-order valence-electron chi connectivity index (χ2n) is 2.80. The fraction of sp³-hybridized carbons (Fsp3) is 0.375. The summed E-state index contributed by atoms with van der Waals surface area (Å²) in [6.07, 6.45) is 0. The van der Waals surface area contributed by atoms with E-state index in [4.69, 9.17) is 16.7 Å². The lowest BCUT2D eigenvalue weighted by atomic mass is 10.4. The topological polar surface area (TPSA) is 40.5 Å². The molecule has 1 aromatic rings. The van der Waals surface area contributed by atoms with Gasteiger partial charge in [-0.1, -0.05) is 11.6 Å². The molecule has 13 heavy (non-hydrogen) atoms. The van der Waals surface area contributed by atoms with Gasteiger partial charge in [-0.15, -0.1) is 11.3 Å². The number of carboxylic acids is 1. The molecule has 72 valence electrons. The number of aliphatic carboxylic acids is 1. The summed E-state index contributed by atoms with van der Waals surface area (Å²) in [5, 5.41) is 11.1. The van der Waals surface area contributed by atoms with Gasteiger partial charge in [0.15, 0.2) is 0 Å². The van der Waals surface area contributed by atoms with Crippen molar-refractivity contribution in [3.8, 4) is 0 Å². The smallest absolute Gasteiger partial charge is 0.317 e. The highest BCUT2D eigenvalue weighted by atomic mass is 35.5. The third kappa shape index (κ3) is 3.76. The van der Waals surface area contributed by atoms with Crippen molar-refractivity contribution in [2.45, 2.75) is 6.54 Å². The minimum absolute atomic E-state index is 0.0511. The molecule has 1 N–H and O–H groups in total. The molecule has 0 aliphatic heterocycles. The van der Waals surface area contributed by atoms with Gasteiger partial charge >= 0.3 is 5.97 Å². The van der Waals surface area contributed by atoms with Gasteiger partial charge in [-0.2, -0.15) is 0 Å². The van der Waals surface area contributed by atoms with E-state index in [1.54, 1.807) is 11.9 Å². The molecule has 5 heteroatoms. The summed E-state index contributed by atoms with van der Waals surface area (Å²) < 4.78 is 0. The molecule has 0 fully saturated rings. The Morgan fingerprint density at radius 3 is 2.92 bits per heavy atom. The van der Waals surface area contributed by atoms with Crippen LogP contribution in [0.4, 0.5) is 0 Å². The summed E-state index contributed by atoms with van der Waals surface area (Å²) in [4.78, 5) is 13.1. The quantitative estimate of drug-likeness (QED) is 0.841. The molecule has 1 rings (SSSR count). The highest BCUT2D eigenvalue weighted by Gasteiger charge is 2.06. The van der Waals surface area contributed by atoms with Gasteiger partial charge < -0.3 is 5.11 Å². The number of carbonyl (C=O) groups is 1. The van der Waals surface area contributed by atoms with Crippen molar-refractivity contribution in [1.82, 2.24) is 4.90 Å². The molecule has 0 unspecified atom stereocenters. The summed E-state index contributed by atoms with van der Waals surface area (Å²) >= 11 is 7.26. The first kappa shape index (κ1) is 10.5. The first-order valence-electron chi connectivity index (χ1n) is 3.71. The van der Waals surface area contributed by atoms with Gasteiger partial charge in [0.1, 0.15) is 0 Å². The monoisotopic (exact) mass is 219 g/mol. The maximum atomic E-state index is 10.3. The predicted molar refractivity (Wildman–Crippen MR) is 53.3 cm³/mol. The van der Waals surface area contributed by atoms with Gasteiger partial charge in [0.05, 0.1) is 11.6 Å².